The second kappa shape index (κ2) is 37.8. The number of carbonyl (C=O) groups is 9. The SMILES string of the molecule is C.C.C.C.CC(=O)OCC(=O)[C@H]1CC[C@H]2[C@@H]3CC[C@H]4C[C@H](C)CC[C@]4(C)[C@H]3[C@@H](O)C[C@]12C.CC(=O)OCC(=O)[C@H]1CC[C@H]2[C@@H]3CC[C@H]4C[C@H](C)CC[C@]4(C)[C@H]3[C@@H](OC(C)=O)C[C@]12C.CC(=O)O[C@H]1C[C@]2(C)[C@@H](C(=O)CO)CC[C@H]2[C@@H]2CC[C@H]3C[C@H](C)CC[C@]3(C)[C@H]21.CC(=O)O[C@H]1C[C@]2(C)[C@@H](C(=O)CO)CC[C@H]2[C@@H]2CC[C@H]3C[C@H](O)CC[C@]3(C)[C@H]21. The Kier molecular flexibility index (Phi) is 31.3. The molecule has 0 spiro atoms. The number of ketones is 4. The standard InChI is InChI=1S/C26H40O5.2C24H38O4.C23H36O5.4CH4/c1-15-10-11-25(4)18(12-15)6-7-19-20-8-9-21(22(29)14-30-16(2)27)26(20,5)13-23(24(19)25)31-17(3)28;1-14-9-10-23(3)16(11-14)5-6-17-18-7-8-19(20(27)13-25)24(18,4)12-21(22(17)23)28-15(2)26;1-14-9-10-23(3)16(11-14)5-6-17-18-7-8-19(21(27)13-28-15(2)25)24(18,4)12-20(26)22(17)23;1-13(25)28-20-11-23(3)17(6-7-18(23)19(27)12-24)16-5-4-14-10-15(26)8-9-22(14,2)21(16)20;;;;/h15,18-21,23-24H,6-14H2,1-5H3;14,16-19,21-22,25H,5-13H2,1-4H3;14,16-20,22,26H,5-13H2,1-4H3;14-18,20-21,24,26H,4-12H2,1-3H3;4*1H4/t15-,18+,19+,20+,21-,23+,24-,25+,26+;14-,16+,17+,18+,19-,21+,22-,23+,24+;14-,16+,17+,18+,19-,20+,22-,23+,24+;14-,15+,16-,17-,18+,20-,21+,22-,23-;;;;/m1110..../s1. The van der Waals surface area contributed by atoms with Gasteiger partial charge in [0.25, 0.3) is 0 Å². The van der Waals surface area contributed by atoms with Gasteiger partial charge in [-0.15, -0.1) is 0 Å². The zero-order valence-corrected chi connectivity index (χ0v) is 73.6. The Morgan fingerprint density at radius 1 is 0.303 bits per heavy atom. The van der Waals surface area contributed by atoms with Crippen LogP contribution in [0.5, 0.6) is 0 Å². The molecule has 0 unspecified atom stereocenters. The van der Waals surface area contributed by atoms with E-state index in [2.05, 4.69) is 76.2 Å². The Bertz CT molecular complexity index is 3480. The Morgan fingerprint density at radius 3 is 0.849 bits per heavy atom. The molecule has 0 bridgehead atoms. The van der Waals surface area contributed by atoms with Crippen LogP contribution in [-0.2, 0) is 66.8 Å². The molecule has 0 aliphatic heterocycles. The van der Waals surface area contributed by atoms with E-state index in [0.29, 0.717) is 82.9 Å². The van der Waals surface area contributed by atoms with Gasteiger partial charge < -0.3 is 44.1 Å². The topological polar surface area (TPSA) is 281 Å². The maximum atomic E-state index is 13.0. The predicted molar refractivity (Wildman–Crippen MR) is 463 cm³/mol. The molecule has 0 aromatic heterocycles. The number of aliphatic hydroxyl groups is 4. The van der Waals surface area contributed by atoms with Crippen molar-refractivity contribution in [3.8, 4) is 0 Å². The number of fused-ring (bicyclic) bond motifs is 20. The first-order valence-corrected chi connectivity index (χ1v) is 46.6. The summed E-state index contributed by atoms with van der Waals surface area (Å²) < 4.78 is 28.1. The third-order valence-electron chi connectivity index (χ3n) is 38.7. The van der Waals surface area contributed by atoms with Crippen LogP contribution in [-0.4, -0.2) is 130 Å². The van der Waals surface area contributed by atoms with Crippen molar-refractivity contribution in [3.05, 3.63) is 0 Å². The summed E-state index contributed by atoms with van der Waals surface area (Å²) in [5, 5.41) is 40.7. The van der Waals surface area contributed by atoms with Gasteiger partial charge in [0.15, 0.2) is 23.1 Å². The Hall–Kier alpha value is -4.13. The van der Waals surface area contributed by atoms with Gasteiger partial charge in [-0.2, -0.15) is 0 Å². The highest BCUT2D eigenvalue weighted by Gasteiger charge is 2.70. The average molecular weight is 1670 g/mol. The van der Waals surface area contributed by atoms with Gasteiger partial charge in [0.1, 0.15) is 44.7 Å². The van der Waals surface area contributed by atoms with Crippen molar-refractivity contribution in [2.24, 2.45) is 179 Å². The Balaban J connectivity index is 0.000000179. The molecular weight excluding hydrogens is 1500 g/mol. The van der Waals surface area contributed by atoms with Gasteiger partial charge in [-0.3, -0.25) is 43.2 Å². The minimum atomic E-state index is -0.410. The summed E-state index contributed by atoms with van der Waals surface area (Å²) in [5.74, 6) is 8.75. The van der Waals surface area contributed by atoms with Crippen LogP contribution >= 0.6 is 0 Å². The lowest BCUT2D eigenvalue weighted by Gasteiger charge is -2.62. The van der Waals surface area contributed by atoms with Crippen LogP contribution < -0.4 is 0 Å². The number of ether oxygens (including phenoxy) is 5. The van der Waals surface area contributed by atoms with Gasteiger partial charge >= 0.3 is 29.8 Å². The average Bonchev–Trinajstić information content (AvgIpc) is 1.68. The minimum Gasteiger partial charge on any atom is -0.462 e. The van der Waals surface area contributed by atoms with E-state index in [1.165, 1.54) is 131 Å². The van der Waals surface area contributed by atoms with Gasteiger partial charge in [0, 0.05) is 76.0 Å². The number of aliphatic hydroxyl groups excluding tert-OH is 4. The summed E-state index contributed by atoms with van der Waals surface area (Å²) in [6.45, 7) is 32.1. The molecule has 0 heterocycles. The monoisotopic (exact) mass is 1670 g/mol. The number of carbonyl (C=O) groups excluding carboxylic acids is 9. The lowest BCUT2D eigenvalue weighted by molar-refractivity contribution is -0.198. The molecule has 16 aliphatic carbocycles. The van der Waals surface area contributed by atoms with E-state index in [1.807, 2.05) is 0 Å². The number of hydrogen-bond acceptors (Lipinski definition) is 18. The molecular formula is C101H168O18. The normalized spacial score (nSPS) is 47.5. The van der Waals surface area contributed by atoms with Gasteiger partial charge in [-0.1, -0.05) is 125 Å². The third-order valence-corrected chi connectivity index (χ3v) is 38.7. The number of Topliss-reactive ketones (excluding diaryl/α,β-unsaturated/α-hetero) is 4. The van der Waals surface area contributed by atoms with Gasteiger partial charge in [0.2, 0.25) is 0 Å². The second-order valence-corrected chi connectivity index (χ2v) is 44.5. The lowest BCUT2D eigenvalue weighted by atomic mass is 9.43. The molecule has 16 saturated carbocycles. The molecule has 16 aliphatic rings. The highest BCUT2D eigenvalue weighted by Crippen LogP contribution is 2.74. The van der Waals surface area contributed by atoms with E-state index in [9.17, 15) is 63.6 Å². The van der Waals surface area contributed by atoms with E-state index in [-0.39, 0.29) is 188 Å². The van der Waals surface area contributed by atoms with Crippen molar-refractivity contribution < 1.29 is 87.3 Å². The molecule has 0 amide bonds. The van der Waals surface area contributed by atoms with Gasteiger partial charge in [-0.25, -0.2) is 0 Å². The van der Waals surface area contributed by atoms with E-state index >= 15 is 0 Å². The number of esters is 5. The van der Waals surface area contributed by atoms with Crippen molar-refractivity contribution in [1.82, 2.24) is 0 Å². The second-order valence-electron chi connectivity index (χ2n) is 44.5. The fourth-order valence-electron chi connectivity index (χ4n) is 33.9. The number of hydrogen-bond donors (Lipinski definition) is 4. The van der Waals surface area contributed by atoms with Crippen LogP contribution in [0.15, 0.2) is 0 Å². The van der Waals surface area contributed by atoms with Crippen LogP contribution in [0.4, 0.5) is 0 Å². The predicted octanol–water partition coefficient (Wildman–Crippen LogP) is 19.4. The summed E-state index contributed by atoms with van der Waals surface area (Å²) >= 11 is 0. The molecule has 0 radical (unpaired) electrons. The molecule has 4 N–H and O–H groups in total. The van der Waals surface area contributed by atoms with Crippen LogP contribution in [0.2, 0.25) is 0 Å². The van der Waals surface area contributed by atoms with Crippen molar-refractivity contribution in [2.45, 2.75) is 376 Å². The largest absolute Gasteiger partial charge is 0.462 e. The summed E-state index contributed by atoms with van der Waals surface area (Å²) in [5.41, 5.74) is 0.128. The molecule has 16 rings (SSSR count). The van der Waals surface area contributed by atoms with Gasteiger partial charge in [-0.05, 0) is 324 Å². The summed E-state index contributed by atoms with van der Waals surface area (Å²) in [7, 11) is 0. The maximum absolute atomic E-state index is 13.0. The minimum absolute atomic E-state index is 0. The zero-order valence-electron chi connectivity index (χ0n) is 73.6. The smallest absolute Gasteiger partial charge is 0.303 e. The van der Waals surface area contributed by atoms with Crippen molar-refractivity contribution in [1.29, 1.82) is 0 Å². The molecule has 36 atom stereocenters. The first-order valence-electron chi connectivity index (χ1n) is 46.6. The molecule has 119 heavy (non-hydrogen) atoms. The van der Waals surface area contributed by atoms with Crippen LogP contribution in [0.25, 0.3) is 0 Å². The molecule has 680 valence electrons. The first kappa shape index (κ1) is 98.7. The summed E-state index contributed by atoms with van der Waals surface area (Å²) in [6, 6.07) is 0. The Morgan fingerprint density at radius 2 is 0.563 bits per heavy atom. The molecule has 0 aromatic carbocycles. The quantitative estimate of drug-likeness (QED) is 0.0985. The lowest BCUT2D eigenvalue weighted by Crippen LogP contribution is -2.60. The molecule has 18 nitrogen and oxygen atoms in total. The van der Waals surface area contributed by atoms with Crippen molar-refractivity contribution in [2.75, 3.05) is 26.4 Å². The van der Waals surface area contributed by atoms with E-state index in [0.717, 1.165) is 139 Å². The van der Waals surface area contributed by atoms with E-state index in [1.54, 1.807) is 0 Å². The first-order chi connectivity index (χ1) is 54.1. The summed E-state index contributed by atoms with van der Waals surface area (Å²) in [6.07, 6.45) is 33.6. The van der Waals surface area contributed by atoms with Crippen LogP contribution in [0.3, 0.4) is 0 Å². The zero-order chi connectivity index (χ0) is 83.4. The Labute approximate surface area is 718 Å². The van der Waals surface area contributed by atoms with Crippen molar-refractivity contribution >= 4 is 53.0 Å². The third kappa shape index (κ3) is 17.9. The summed E-state index contributed by atoms with van der Waals surface area (Å²) in [4.78, 5) is 110. The fourth-order valence-corrected chi connectivity index (χ4v) is 33.9. The molecule has 18 heteroatoms. The fraction of sp³-hybridized carbons (Fsp3) is 0.911. The number of rotatable bonds is 13. The van der Waals surface area contributed by atoms with Crippen molar-refractivity contribution in [3.63, 3.8) is 0 Å². The molecule has 16 fully saturated rings. The molecule has 0 aromatic rings. The van der Waals surface area contributed by atoms with Crippen LogP contribution in [0.1, 0.15) is 346 Å². The maximum Gasteiger partial charge on any atom is 0.303 e. The van der Waals surface area contributed by atoms with Gasteiger partial charge in [0.05, 0.1) is 12.2 Å². The van der Waals surface area contributed by atoms with Crippen LogP contribution in [0, 0.1) is 179 Å². The highest BCUT2D eigenvalue weighted by molar-refractivity contribution is 5.86. The molecule has 0 saturated heterocycles. The highest BCUT2D eigenvalue weighted by atomic mass is 16.6. The van der Waals surface area contributed by atoms with E-state index < -0.39 is 18.5 Å². The van der Waals surface area contributed by atoms with E-state index in [4.69, 9.17) is 23.7 Å².